The van der Waals surface area contributed by atoms with E-state index in [1.54, 1.807) is 0 Å². The van der Waals surface area contributed by atoms with Crippen molar-refractivity contribution >= 4 is 17.8 Å². The monoisotopic (exact) mass is 310 g/mol. The van der Waals surface area contributed by atoms with E-state index in [0.29, 0.717) is 19.5 Å². The third-order valence-corrected chi connectivity index (χ3v) is 4.68. The molecule has 1 aliphatic heterocycles. The third kappa shape index (κ3) is 3.24. The number of rotatable bonds is 6. The van der Waals surface area contributed by atoms with Gasteiger partial charge in [0, 0.05) is 13.1 Å². The number of carbonyl (C=O) groups is 3. The SMILES string of the molecule is CCNCCNC(=O)CN1C(=O)NC2(CCCCC2C)C1=O. The molecular formula is C15H26N4O3. The number of nitrogens with one attached hydrogen (secondary N) is 3. The highest BCUT2D eigenvalue weighted by Crippen LogP contribution is 2.37. The molecule has 4 amide bonds. The summed E-state index contributed by atoms with van der Waals surface area (Å²) in [4.78, 5) is 37.7. The minimum absolute atomic E-state index is 0.111. The second kappa shape index (κ2) is 7.09. The number of carbonyl (C=O) groups excluding carboxylic acids is 3. The number of imide groups is 1. The molecule has 2 atom stereocenters. The van der Waals surface area contributed by atoms with E-state index >= 15 is 0 Å². The van der Waals surface area contributed by atoms with Crippen molar-refractivity contribution in [3.63, 3.8) is 0 Å². The van der Waals surface area contributed by atoms with Gasteiger partial charge in [-0.25, -0.2) is 4.79 Å². The number of hydrogen-bond donors (Lipinski definition) is 3. The van der Waals surface area contributed by atoms with Crippen LogP contribution in [0.15, 0.2) is 0 Å². The van der Waals surface area contributed by atoms with Gasteiger partial charge in [-0.15, -0.1) is 0 Å². The summed E-state index contributed by atoms with van der Waals surface area (Å²) in [5.41, 5.74) is -0.792. The Kier molecular flexibility index (Phi) is 5.39. The van der Waals surface area contributed by atoms with Crippen LogP contribution >= 0.6 is 0 Å². The maximum absolute atomic E-state index is 12.7. The molecular weight excluding hydrogens is 284 g/mol. The van der Waals surface area contributed by atoms with E-state index in [1.165, 1.54) is 0 Å². The largest absolute Gasteiger partial charge is 0.353 e. The first kappa shape index (κ1) is 16.7. The van der Waals surface area contributed by atoms with Crippen molar-refractivity contribution in [1.29, 1.82) is 0 Å². The summed E-state index contributed by atoms with van der Waals surface area (Å²) < 4.78 is 0. The number of likely N-dealkylation sites (N-methyl/N-ethyl adjacent to an activating group) is 1. The van der Waals surface area contributed by atoms with Gasteiger partial charge in [0.15, 0.2) is 0 Å². The molecule has 1 saturated carbocycles. The quantitative estimate of drug-likeness (QED) is 0.483. The van der Waals surface area contributed by atoms with Crippen LogP contribution in [0.25, 0.3) is 0 Å². The second-order valence-corrected chi connectivity index (χ2v) is 6.14. The summed E-state index contributed by atoms with van der Waals surface area (Å²) in [7, 11) is 0. The fraction of sp³-hybridized carbons (Fsp3) is 0.800. The van der Waals surface area contributed by atoms with Gasteiger partial charge in [-0.3, -0.25) is 14.5 Å². The van der Waals surface area contributed by atoms with Gasteiger partial charge in [-0.2, -0.15) is 0 Å². The highest BCUT2D eigenvalue weighted by Gasteiger charge is 2.55. The standard InChI is InChI=1S/C15H26N4O3/c1-3-16-8-9-17-12(20)10-19-13(21)15(18-14(19)22)7-5-4-6-11(15)2/h11,16H,3-10H2,1-2H3,(H,17,20)(H,18,22). The predicted octanol–water partition coefficient (Wildman–Crippen LogP) is 0.213. The Bertz CT molecular complexity index is 454. The van der Waals surface area contributed by atoms with Gasteiger partial charge in [0.2, 0.25) is 5.91 Å². The van der Waals surface area contributed by atoms with Gasteiger partial charge in [-0.05, 0) is 25.3 Å². The van der Waals surface area contributed by atoms with Crippen LogP contribution in [0, 0.1) is 5.92 Å². The first-order valence-corrected chi connectivity index (χ1v) is 8.12. The van der Waals surface area contributed by atoms with Crippen molar-refractivity contribution in [3.05, 3.63) is 0 Å². The average molecular weight is 310 g/mol. The van der Waals surface area contributed by atoms with E-state index in [4.69, 9.17) is 0 Å². The van der Waals surface area contributed by atoms with Crippen molar-refractivity contribution in [2.75, 3.05) is 26.2 Å². The molecule has 2 unspecified atom stereocenters. The van der Waals surface area contributed by atoms with Crippen LogP contribution in [0.3, 0.4) is 0 Å². The van der Waals surface area contributed by atoms with Gasteiger partial charge in [0.1, 0.15) is 12.1 Å². The fourth-order valence-corrected chi connectivity index (χ4v) is 3.31. The lowest BCUT2D eigenvalue weighted by molar-refractivity contribution is -0.137. The van der Waals surface area contributed by atoms with Crippen molar-refractivity contribution in [3.8, 4) is 0 Å². The van der Waals surface area contributed by atoms with E-state index in [2.05, 4.69) is 16.0 Å². The first-order valence-electron chi connectivity index (χ1n) is 8.12. The highest BCUT2D eigenvalue weighted by atomic mass is 16.2. The van der Waals surface area contributed by atoms with Gasteiger partial charge in [0.25, 0.3) is 5.91 Å². The molecule has 22 heavy (non-hydrogen) atoms. The number of amides is 4. The Morgan fingerprint density at radius 1 is 1.36 bits per heavy atom. The molecule has 2 aliphatic rings. The van der Waals surface area contributed by atoms with Crippen molar-refractivity contribution < 1.29 is 14.4 Å². The molecule has 124 valence electrons. The van der Waals surface area contributed by atoms with Crippen LogP contribution in [-0.4, -0.2) is 54.5 Å². The van der Waals surface area contributed by atoms with Crippen molar-refractivity contribution in [2.45, 2.75) is 45.1 Å². The fourth-order valence-electron chi connectivity index (χ4n) is 3.31. The highest BCUT2D eigenvalue weighted by molar-refractivity contribution is 6.09. The topological polar surface area (TPSA) is 90.5 Å². The van der Waals surface area contributed by atoms with Gasteiger partial charge >= 0.3 is 6.03 Å². The Balaban J connectivity index is 1.93. The van der Waals surface area contributed by atoms with E-state index in [1.807, 2.05) is 13.8 Å². The van der Waals surface area contributed by atoms with E-state index in [0.717, 1.165) is 30.7 Å². The maximum atomic E-state index is 12.7. The summed E-state index contributed by atoms with van der Waals surface area (Å²) in [6.07, 6.45) is 3.60. The van der Waals surface area contributed by atoms with Crippen LogP contribution in [0.5, 0.6) is 0 Å². The Labute approximate surface area is 131 Å². The minimum atomic E-state index is -0.792. The molecule has 7 heteroatoms. The molecule has 1 saturated heterocycles. The number of nitrogens with zero attached hydrogens (tertiary/aromatic N) is 1. The molecule has 0 radical (unpaired) electrons. The minimum Gasteiger partial charge on any atom is -0.353 e. The van der Waals surface area contributed by atoms with Crippen molar-refractivity contribution in [1.82, 2.24) is 20.9 Å². The van der Waals surface area contributed by atoms with Crippen LogP contribution in [0.2, 0.25) is 0 Å². The molecule has 3 N–H and O–H groups in total. The lowest BCUT2D eigenvalue weighted by Gasteiger charge is -2.36. The molecule has 2 rings (SSSR count). The van der Waals surface area contributed by atoms with Crippen LogP contribution in [-0.2, 0) is 9.59 Å². The maximum Gasteiger partial charge on any atom is 0.325 e. The summed E-state index contributed by atoms with van der Waals surface area (Å²) in [5, 5.41) is 8.65. The first-order chi connectivity index (χ1) is 10.5. The lowest BCUT2D eigenvalue weighted by atomic mass is 9.73. The zero-order chi connectivity index (χ0) is 16.2. The van der Waals surface area contributed by atoms with Gasteiger partial charge in [-0.1, -0.05) is 26.7 Å². The molecule has 1 aliphatic carbocycles. The summed E-state index contributed by atoms with van der Waals surface area (Å²) in [5.74, 6) is -0.437. The molecule has 1 heterocycles. The molecule has 0 aromatic rings. The lowest BCUT2D eigenvalue weighted by Crippen LogP contribution is -2.54. The number of urea groups is 1. The van der Waals surface area contributed by atoms with Crippen LogP contribution < -0.4 is 16.0 Å². The summed E-state index contributed by atoms with van der Waals surface area (Å²) in [6.45, 7) is 5.77. The Morgan fingerprint density at radius 2 is 2.14 bits per heavy atom. The second-order valence-electron chi connectivity index (χ2n) is 6.14. The summed E-state index contributed by atoms with van der Waals surface area (Å²) in [6, 6.07) is -0.444. The number of hydrogen-bond acceptors (Lipinski definition) is 4. The Hall–Kier alpha value is -1.63. The average Bonchev–Trinajstić information content (AvgIpc) is 2.72. The zero-order valence-electron chi connectivity index (χ0n) is 13.4. The van der Waals surface area contributed by atoms with E-state index in [9.17, 15) is 14.4 Å². The van der Waals surface area contributed by atoms with Gasteiger partial charge < -0.3 is 16.0 Å². The molecule has 0 aromatic heterocycles. The van der Waals surface area contributed by atoms with Crippen LogP contribution in [0.4, 0.5) is 4.79 Å². The predicted molar refractivity (Wildman–Crippen MR) is 82.2 cm³/mol. The molecule has 0 aromatic carbocycles. The Morgan fingerprint density at radius 3 is 2.82 bits per heavy atom. The molecule has 7 nitrogen and oxygen atoms in total. The third-order valence-electron chi connectivity index (χ3n) is 4.68. The smallest absolute Gasteiger partial charge is 0.325 e. The van der Waals surface area contributed by atoms with E-state index < -0.39 is 11.6 Å². The zero-order valence-corrected chi connectivity index (χ0v) is 13.4. The van der Waals surface area contributed by atoms with E-state index in [-0.39, 0.29) is 24.3 Å². The molecule has 0 bridgehead atoms. The molecule has 1 spiro atoms. The normalized spacial score (nSPS) is 28.1. The van der Waals surface area contributed by atoms with Gasteiger partial charge in [0.05, 0.1) is 0 Å². The van der Waals surface area contributed by atoms with Crippen molar-refractivity contribution in [2.24, 2.45) is 5.92 Å². The molecule has 2 fully saturated rings. The summed E-state index contributed by atoms with van der Waals surface area (Å²) >= 11 is 0. The van der Waals surface area contributed by atoms with Crippen LogP contribution in [0.1, 0.15) is 39.5 Å².